The number of hydrogen-bond acceptors (Lipinski definition) is 1. The van der Waals surface area contributed by atoms with E-state index in [4.69, 9.17) is 0 Å². The van der Waals surface area contributed by atoms with Crippen molar-refractivity contribution in [2.75, 3.05) is 0 Å². The lowest BCUT2D eigenvalue weighted by molar-refractivity contribution is 0.111. The van der Waals surface area contributed by atoms with Gasteiger partial charge in [0, 0.05) is 5.92 Å². The van der Waals surface area contributed by atoms with Crippen LogP contribution in [0.15, 0.2) is 12.1 Å². The van der Waals surface area contributed by atoms with Gasteiger partial charge in [0.25, 0.3) is 0 Å². The molecule has 1 saturated carbocycles. The Bertz CT molecular complexity index is 333. The van der Waals surface area contributed by atoms with Gasteiger partial charge in [0.15, 0.2) is 6.29 Å². The van der Waals surface area contributed by atoms with Gasteiger partial charge in [0.05, 0.1) is 5.56 Å². The van der Waals surface area contributed by atoms with E-state index in [9.17, 15) is 13.6 Å². The molecule has 0 bridgehead atoms. The minimum atomic E-state index is -0.774. The Kier molecular flexibility index (Phi) is 1.87. The van der Waals surface area contributed by atoms with Crippen LogP contribution in [0.1, 0.15) is 28.8 Å². The number of halogens is 2. The Labute approximate surface area is 74.4 Å². The SMILES string of the molecule is O=Cc1c(F)cc([C]2CC2)cc1F. The second-order valence-corrected chi connectivity index (χ2v) is 3.07. The Morgan fingerprint density at radius 3 is 2.08 bits per heavy atom. The van der Waals surface area contributed by atoms with E-state index in [1.165, 1.54) is 12.1 Å². The predicted octanol–water partition coefficient (Wildman–Crippen LogP) is 2.49. The average molecular weight is 181 g/mol. The maximum absolute atomic E-state index is 13.0. The van der Waals surface area contributed by atoms with Crippen molar-refractivity contribution in [1.29, 1.82) is 0 Å². The largest absolute Gasteiger partial charge is 0.298 e. The molecule has 2 rings (SSSR count). The Morgan fingerprint density at radius 1 is 1.15 bits per heavy atom. The van der Waals surface area contributed by atoms with E-state index in [0.717, 1.165) is 18.8 Å². The summed E-state index contributed by atoms with van der Waals surface area (Å²) in [6.45, 7) is 0. The molecule has 0 atom stereocenters. The summed E-state index contributed by atoms with van der Waals surface area (Å²) in [6.07, 6.45) is 2.00. The molecule has 1 aliphatic carbocycles. The molecule has 0 amide bonds. The lowest BCUT2D eigenvalue weighted by atomic mass is 10.1. The molecule has 0 aromatic heterocycles. The van der Waals surface area contributed by atoms with E-state index in [0.29, 0.717) is 5.56 Å². The van der Waals surface area contributed by atoms with Crippen LogP contribution in [-0.4, -0.2) is 6.29 Å². The summed E-state index contributed by atoms with van der Waals surface area (Å²) in [5.41, 5.74) is 0.102. The quantitative estimate of drug-likeness (QED) is 0.640. The first-order chi connectivity index (χ1) is 6.22. The van der Waals surface area contributed by atoms with Gasteiger partial charge in [0.2, 0.25) is 0 Å². The lowest BCUT2D eigenvalue weighted by Crippen LogP contribution is -1.96. The number of hydrogen-bond donors (Lipinski definition) is 0. The molecule has 1 aromatic rings. The third-order valence-corrected chi connectivity index (χ3v) is 2.11. The van der Waals surface area contributed by atoms with Crippen LogP contribution in [0, 0.1) is 17.6 Å². The molecule has 1 radical (unpaired) electrons. The van der Waals surface area contributed by atoms with Crippen molar-refractivity contribution in [2.45, 2.75) is 12.8 Å². The molecule has 0 aliphatic heterocycles. The first-order valence-electron chi connectivity index (χ1n) is 4.01. The summed E-state index contributed by atoms with van der Waals surface area (Å²) in [6, 6.07) is 2.43. The predicted molar refractivity (Wildman–Crippen MR) is 43.3 cm³/mol. The Balaban J connectivity index is 2.48. The minimum absolute atomic E-state index is 0.200. The van der Waals surface area contributed by atoms with Gasteiger partial charge in [-0.3, -0.25) is 4.79 Å². The molecule has 3 heteroatoms. The first kappa shape index (κ1) is 8.35. The number of aldehydes is 1. The third-order valence-electron chi connectivity index (χ3n) is 2.11. The molecule has 1 nitrogen and oxygen atoms in total. The highest BCUT2D eigenvalue weighted by Gasteiger charge is 2.26. The number of carbonyl (C=O) groups is 1. The van der Waals surface area contributed by atoms with Crippen molar-refractivity contribution >= 4 is 6.29 Å². The second kappa shape index (κ2) is 2.91. The van der Waals surface area contributed by atoms with Gasteiger partial charge < -0.3 is 0 Å². The van der Waals surface area contributed by atoms with Crippen molar-refractivity contribution in [3.63, 3.8) is 0 Å². The molecule has 0 heterocycles. The fourth-order valence-electron chi connectivity index (χ4n) is 1.25. The number of carbonyl (C=O) groups excluding carboxylic acids is 1. The molecule has 0 spiro atoms. The zero-order valence-electron chi connectivity index (χ0n) is 6.81. The van der Waals surface area contributed by atoms with Crippen LogP contribution in [0.5, 0.6) is 0 Å². The number of benzene rings is 1. The maximum Gasteiger partial charge on any atom is 0.155 e. The maximum atomic E-state index is 13.0. The average Bonchev–Trinajstić information content (AvgIpc) is 2.85. The molecule has 0 saturated heterocycles. The fourth-order valence-corrected chi connectivity index (χ4v) is 1.25. The van der Waals surface area contributed by atoms with Crippen LogP contribution in [-0.2, 0) is 0 Å². The highest BCUT2D eigenvalue weighted by molar-refractivity contribution is 5.76. The first-order valence-corrected chi connectivity index (χ1v) is 4.01. The molecule has 0 unspecified atom stereocenters. The summed E-state index contributed by atoms with van der Waals surface area (Å²) in [5.74, 6) is -0.496. The summed E-state index contributed by atoms with van der Waals surface area (Å²) in [7, 11) is 0. The zero-order valence-corrected chi connectivity index (χ0v) is 6.81. The topological polar surface area (TPSA) is 17.1 Å². The highest BCUT2D eigenvalue weighted by atomic mass is 19.1. The molecule has 0 N–H and O–H groups in total. The van der Waals surface area contributed by atoms with Gasteiger partial charge in [-0.1, -0.05) is 0 Å². The Morgan fingerprint density at radius 2 is 1.69 bits per heavy atom. The second-order valence-electron chi connectivity index (χ2n) is 3.07. The molecule has 1 aliphatic rings. The van der Waals surface area contributed by atoms with Gasteiger partial charge >= 0.3 is 0 Å². The monoisotopic (exact) mass is 181 g/mol. The van der Waals surface area contributed by atoms with Gasteiger partial charge in [-0.2, -0.15) is 0 Å². The molecular formula is C10H7F2O. The van der Waals surface area contributed by atoms with E-state index in [1.807, 2.05) is 0 Å². The van der Waals surface area contributed by atoms with Gasteiger partial charge in [-0.25, -0.2) is 8.78 Å². The lowest BCUT2D eigenvalue weighted by Gasteiger charge is -2.01. The summed E-state index contributed by atoms with van der Waals surface area (Å²) in [5, 5.41) is 0. The van der Waals surface area contributed by atoms with E-state index in [-0.39, 0.29) is 6.29 Å². The van der Waals surface area contributed by atoms with Crippen molar-refractivity contribution < 1.29 is 13.6 Å². The molecule has 1 aromatic carbocycles. The van der Waals surface area contributed by atoms with Crippen molar-refractivity contribution in [1.82, 2.24) is 0 Å². The highest BCUT2D eigenvalue weighted by Crippen LogP contribution is 2.39. The van der Waals surface area contributed by atoms with E-state index >= 15 is 0 Å². The van der Waals surface area contributed by atoms with Crippen molar-refractivity contribution in [2.24, 2.45) is 0 Å². The van der Waals surface area contributed by atoms with Crippen LogP contribution in [0.2, 0.25) is 0 Å². The normalized spacial score (nSPS) is 15.8. The van der Waals surface area contributed by atoms with Gasteiger partial charge in [-0.05, 0) is 30.5 Å². The van der Waals surface area contributed by atoms with Crippen LogP contribution in [0.25, 0.3) is 0 Å². The van der Waals surface area contributed by atoms with Crippen LogP contribution in [0.3, 0.4) is 0 Å². The fraction of sp³-hybridized carbons (Fsp3) is 0.200. The zero-order chi connectivity index (χ0) is 9.42. The standard InChI is InChI=1S/C10H7F2O/c11-9-3-7(6-1-2-6)4-10(12)8(9)5-13/h3-5H,1-2H2. The van der Waals surface area contributed by atoms with E-state index < -0.39 is 17.2 Å². The summed E-state index contributed by atoms with van der Waals surface area (Å²) >= 11 is 0. The van der Waals surface area contributed by atoms with Crippen LogP contribution < -0.4 is 0 Å². The van der Waals surface area contributed by atoms with Crippen LogP contribution in [0.4, 0.5) is 8.78 Å². The van der Waals surface area contributed by atoms with Gasteiger partial charge in [-0.15, -0.1) is 0 Å². The van der Waals surface area contributed by atoms with Gasteiger partial charge in [0.1, 0.15) is 11.6 Å². The van der Waals surface area contributed by atoms with Crippen molar-refractivity contribution in [3.05, 3.63) is 40.8 Å². The Hall–Kier alpha value is -1.25. The third kappa shape index (κ3) is 1.46. The smallest absolute Gasteiger partial charge is 0.155 e. The summed E-state index contributed by atoms with van der Waals surface area (Å²) < 4.78 is 26.0. The molecule has 13 heavy (non-hydrogen) atoms. The molecule has 67 valence electrons. The van der Waals surface area contributed by atoms with E-state index in [2.05, 4.69) is 0 Å². The molecule has 1 fully saturated rings. The van der Waals surface area contributed by atoms with Crippen LogP contribution >= 0.6 is 0 Å². The van der Waals surface area contributed by atoms with Crippen molar-refractivity contribution in [3.8, 4) is 0 Å². The van der Waals surface area contributed by atoms with E-state index in [1.54, 1.807) is 0 Å². The number of rotatable bonds is 2. The molecular weight excluding hydrogens is 174 g/mol. The minimum Gasteiger partial charge on any atom is -0.298 e. The summed E-state index contributed by atoms with van der Waals surface area (Å²) in [4.78, 5) is 10.3.